The second-order valence-corrected chi connectivity index (χ2v) is 4.98. The highest BCUT2D eigenvalue weighted by Crippen LogP contribution is 2.24. The molecule has 1 nitrogen and oxygen atoms in total. The maximum Gasteiger partial charge on any atom is 0.127 e. The number of rotatable bonds is 4. The molecule has 2 unspecified atom stereocenters. The van der Waals surface area contributed by atoms with Crippen molar-refractivity contribution in [1.82, 2.24) is 0 Å². The lowest BCUT2D eigenvalue weighted by Crippen LogP contribution is -2.25. The molecule has 0 aliphatic heterocycles. The van der Waals surface area contributed by atoms with Crippen LogP contribution in [0.15, 0.2) is 18.2 Å². The van der Waals surface area contributed by atoms with Gasteiger partial charge in [0.25, 0.3) is 0 Å². The molecule has 0 aliphatic carbocycles. The van der Waals surface area contributed by atoms with Crippen LogP contribution < -0.4 is 0 Å². The molecule has 1 rings (SSSR count). The second-order valence-electron chi connectivity index (χ2n) is 4.57. The van der Waals surface area contributed by atoms with Gasteiger partial charge in [0, 0.05) is 17.0 Å². The summed E-state index contributed by atoms with van der Waals surface area (Å²) in [5.41, 5.74) is 0.407. The molecule has 16 heavy (non-hydrogen) atoms. The third kappa shape index (κ3) is 3.19. The lowest BCUT2D eigenvalue weighted by Gasteiger charge is -2.22. The summed E-state index contributed by atoms with van der Waals surface area (Å²) in [6.45, 7) is 6.04. The van der Waals surface area contributed by atoms with E-state index in [2.05, 4.69) is 0 Å². The van der Waals surface area contributed by atoms with E-state index < -0.39 is 6.10 Å². The van der Waals surface area contributed by atoms with Crippen LogP contribution in [0.3, 0.4) is 0 Å². The van der Waals surface area contributed by atoms with Gasteiger partial charge in [-0.05, 0) is 24.0 Å². The summed E-state index contributed by atoms with van der Waals surface area (Å²) >= 11 is 5.91. The molecule has 0 saturated heterocycles. The molecule has 1 aromatic rings. The largest absolute Gasteiger partial charge is 0.392 e. The first-order valence-electron chi connectivity index (χ1n) is 5.54. The standard InChI is InChI=1S/C13H18ClFO/c1-8(2)9(3)13(16)7-10-11(14)5-4-6-12(10)15/h4-6,8-9,13,16H,7H2,1-3H3. The molecule has 0 aliphatic rings. The van der Waals surface area contributed by atoms with Gasteiger partial charge in [0.15, 0.2) is 0 Å². The summed E-state index contributed by atoms with van der Waals surface area (Å²) in [6, 6.07) is 4.58. The summed E-state index contributed by atoms with van der Waals surface area (Å²) in [6.07, 6.45) is -0.292. The molecule has 0 spiro atoms. The number of aliphatic hydroxyl groups is 1. The van der Waals surface area contributed by atoms with Crippen LogP contribution in [0.4, 0.5) is 4.39 Å². The van der Waals surface area contributed by atoms with Gasteiger partial charge in [0.1, 0.15) is 5.82 Å². The molecular formula is C13H18ClFO. The molecule has 0 saturated carbocycles. The summed E-state index contributed by atoms with van der Waals surface area (Å²) in [5, 5.41) is 10.3. The molecule has 0 aromatic heterocycles. The van der Waals surface area contributed by atoms with Crippen LogP contribution in [0.5, 0.6) is 0 Å². The van der Waals surface area contributed by atoms with Gasteiger partial charge in [-0.2, -0.15) is 0 Å². The Labute approximate surface area is 101 Å². The van der Waals surface area contributed by atoms with Crippen LogP contribution in [-0.2, 0) is 6.42 Å². The molecule has 0 amide bonds. The van der Waals surface area contributed by atoms with Crippen molar-refractivity contribution in [3.63, 3.8) is 0 Å². The van der Waals surface area contributed by atoms with Gasteiger partial charge in [-0.15, -0.1) is 0 Å². The fourth-order valence-electron chi connectivity index (χ4n) is 1.57. The van der Waals surface area contributed by atoms with Gasteiger partial charge in [-0.25, -0.2) is 4.39 Å². The molecule has 1 N–H and O–H groups in total. The fourth-order valence-corrected chi connectivity index (χ4v) is 1.81. The van der Waals surface area contributed by atoms with Gasteiger partial charge in [0.05, 0.1) is 6.10 Å². The Bertz CT molecular complexity index is 332. The lowest BCUT2D eigenvalue weighted by atomic mass is 9.88. The lowest BCUT2D eigenvalue weighted by molar-refractivity contribution is 0.0913. The average Bonchev–Trinajstić information content (AvgIpc) is 2.22. The molecule has 3 heteroatoms. The fraction of sp³-hybridized carbons (Fsp3) is 0.538. The minimum Gasteiger partial charge on any atom is -0.392 e. The highest BCUT2D eigenvalue weighted by molar-refractivity contribution is 6.31. The zero-order valence-corrected chi connectivity index (χ0v) is 10.6. The van der Waals surface area contributed by atoms with Crippen LogP contribution in [0.25, 0.3) is 0 Å². The topological polar surface area (TPSA) is 20.2 Å². The van der Waals surface area contributed by atoms with Gasteiger partial charge in [0.2, 0.25) is 0 Å². The predicted octanol–water partition coefficient (Wildman–Crippen LogP) is 3.67. The molecule has 0 fully saturated rings. The smallest absolute Gasteiger partial charge is 0.127 e. The quantitative estimate of drug-likeness (QED) is 0.857. The zero-order chi connectivity index (χ0) is 12.3. The number of hydrogen-bond acceptors (Lipinski definition) is 1. The molecule has 1 aromatic carbocycles. The van der Waals surface area contributed by atoms with Crippen LogP contribution >= 0.6 is 11.6 Å². The van der Waals surface area contributed by atoms with Crippen molar-refractivity contribution in [1.29, 1.82) is 0 Å². The van der Waals surface area contributed by atoms with E-state index in [-0.39, 0.29) is 18.2 Å². The van der Waals surface area contributed by atoms with Crippen LogP contribution in [0.1, 0.15) is 26.3 Å². The van der Waals surface area contributed by atoms with E-state index in [1.165, 1.54) is 6.07 Å². The first-order valence-corrected chi connectivity index (χ1v) is 5.92. The normalized spacial score (nSPS) is 15.2. The van der Waals surface area contributed by atoms with Crippen molar-refractivity contribution in [3.8, 4) is 0 Å². The number of halogens is 2. The molecule has 0 bridgehead atoms. The monoisotopic (exact) mass is 244 g/mol. The van der Waals surface area contributed by atoms with Gasteiger partial charge >= 0.3 is 0 Å². The molecule has 0 radical (unpaired) electrons. The Morgan fingerprint density at radius 2 is 1.94 bits per heavy atom. The number of hydrogen-bond donors (Lipinski definition) is 1. The van der Waals surface area contributed by atoms with Crippen LogP contribution in [0.2, 0.25) is 5.02 Å². The van der Waals surface area contributed by atoms with Crippen molar-refractivity contribution >= 4 is 11.6 Å². The van der Waals surface area contributed by atoms with E-state index in [0.717, 1.165) is 0 Å². The van der Waals surface area contributed by atoms with E-state index in [1.54, 1.807) is 12.1 Å². The summed E-state index contributed by atoms with van der Waals surface area (Å²) in [7, 11) is 0. The maximum absolute atomic E-state index is 13.5. The minimum absolute atomic E-state index is 0.121. The van der Waals surface area contributed by atoms with E-state index in [0.29, 0.717) is 16.5 Å². The Morgan fingerprint density at radius 3 is 2.44 bits per heavy atom. The molecule has 90 valence electrons. The second kappa shape index (κ2) is 5.65. The third-order valence-electron chi connectivity index (χ3n) is 3.13. The summed E-state index contributed by atoms with van der Waals surface area (Å²) in [5.74, 6) is 0.138. The predicted molar refractivity (Wildman–Crippen MR) is 65.1 cm³/mol. The van der Waals surface area contributed by atoms with E-state index >= 15 is 0 Å². The Kier molecular flexibility index (Phi) is 4.75. The zero-order valence-electron chi connectivity index (χ0n) is 9.87. The summed E-state index contributed by atoms with van der Waals surface area (Å²) in [4.78, 5) is 0. The van der Waals surface area contributed by atoms with Gasteiger partial charge in [-0.1, -0.05) is 38.4 Å². The Hall–Kier alpha value is -0.600. The molecule has 0 heterocycles. The highest BCUT2D eigenvalue weighted by Gasteiger charge is 2.20. The van der Waals surface area contributed by atoms with Gasteiger partial charge in [-0.3, -0.25) is 0 Å². The van der Waals surface area contributed by atoms with Crippen LogP contribution in [-0.4, -0.2) is 11.2 Å². The van der Waals surface area contributed by atoms with E-state index in [4.69, 9.17) is 11.6 Å². The Balaban J connectivity index is 2.80. The van der Waals surface area contributed by atoms with E-state index in [1.807, 2.05) is 20.8 Å². The maximum atomic E-state index is 13.5. The molecule has 2 atom stereocenters. The average molecular weight is 245 g/mol. The third-order valence-corrected chi connectivity index (χ3v) is 3.49. The number of aliphatic hydroxyl groups excluding tert-OH is 1. The van der Waals surface area contributed by atoms with Gasteiger partial charge < -0.3 is 5.11 Å². The minimum atomic E-state index is -0.561. The highest BCUT2D eigenvalue weighted by atomic mass is 35.5. The number of benzene rings is 1. The first kappa shape index (κ1) is 13.5. The first-order chi connectivity index (χ1) is 7.43. The van der Waals surface area contributed by atoms with Crippen LogP contribution in [0, 0.1) is 17.7 Å². The Morgan fingerprint density at radius 1 is 1.31 bits per heavy atom. The van der Waals surface area contributed by atoms with Crippen molar-refractivity contribution in [2.75, 3.05) is 0 Å². The van der Waals surface area contributed by atoms with E-state index in [9.17, 15) is 9.50 Å². The van der Waals surface area contributed by atoms with Crippen molar-refractivity contribution in [2.24, 2.45) is 11.8 Å². The molecular weight excluding hydrogens is 227 g/mol. The summed E-state index contributed by atoms with van der Waals surface area (Å²) < 4.78 is 13.5. The van der Waals surface area contributed by atoms with Crippen molar-refractivity contribution < 1.29 is 9.50 Å². The van der Waals surface area contributed by atoms with Crippen molar-refractivity contribution in [3.05, 3.63) is 34.6 Å². The van der Waals surface area contributed by atoms with Crippen molar-refractivity contribution in [2.45, 2.75) is 33.3 Å². The SMILES string of the molecule is CC(C)C(C)C(O)Cc1c(F)cccc1Cl.